The highest BCUT2D eigenvalue weighted by atomic mass is 79.9. The number of aryl methyl sites for hydroxylation is 4. The van der Waals surface area contributed by atoms with Crippen LogP contribution in [0.4, 0.5) is 0 Å². The van der Waals surface area contributed by atoms with E-state index in [4.69, 9.17) is 0 Å². The summed E-state index contributed by atoms with van der Waals surface area (Å²) in [6.45, 7) is 9.20. The minimum Gasteiger partial charge on any atom is -0.134 e. The van der Waals surface area contributed by atoms with Gasteiger partial charge in [-0.1, -0.05) is 203 Å². The van der Waals surface area contributed by atoms with E-state index in [9.17, 15) is 0 Å². The fraction of sp³-hybridized carbons (Fsp3) is 0.485. The third-order valence-electron chi connectivity index (χ3n) is 14.6. The van der Waals surface area contributed by atoms with E-state index in [1.807, 2.05) is 115 Å². The van der Waals surface area contributed by atoms with E-state index in [1.165, 1.54) is 259 Å². The van der Waals surface area contributed by atoms with Gasteiger partial charge in [0, 0.05) is 58.6 Å². The molecule has 0 nitrogen and oxygen atoms in total. The normalized spacial score (nSPS) is 13.7. The van der Waals surface area contributed by atoms with Crippen LogP contribution in [0.25, 0.3) is 48.6 Å². The fourth-order valence-corrected chi connectivity index (χ4v) is 25.3. The Labute approximate surface area is 556 Å². The number of rotatable bonds is 36. The number of fused-ring (bicyclic) bond motifs is 2. The average molecular weight is 1510 g/mol. The first-order chi connectivity index (χ1) is 39.1. The van der Waals surface area contributed by atoms with Crippen molar-refractivity contribution in [2.24, 2.45) is 0 Å². The Hall–Kier alpha value is 0.220. The Morgan fingerprint density at radius 2 is 0.487 bits per heavy atom. The van der Waals surface area contributed by atoms with E-state index >= 15 is 0 Å². The van der Waals surface area contributed by atoms with Crippen LogP contribution in [0.5, 0.6) is 0 Å². The van der Waals surface area contributed by atoms with Crippen molar-refractivity contribution in [2.75, 3.05) is 0 Å². The highest BCUT2D eigenvalue weighted by molar-refractivity contribution is 9.11. The molecule has 0 unspecified atom stereocenters. The van der Waals surface area contributed by atoms with Gasteiger partial charge in [0.25, 0.3) is 0 Å². The second-order valence-corrected chi connectivity index (χ2v) is 37.5. The summed E-state index contributed by atoms with van der Waals surface area (Å²) in [5.41, 5.74) is 5.83. The van der Waals surface area contributed by atoms with E-state index in [2.05, 4.69) is 164 Å². The summed E-state index contributed by atoms with van der Waals surface area (Å²) in [5.74, 6) is 0. The molecule has 0 aromatic carbocycles. The maximum Gasteiger partial charge on any atom is 0.0736 e. The average Bonchev–Trinajstić information content (AvgIpc) is 4.39. The smallest absolute Gasteiger partial charge is 0.0736 e. The van der Waals surface area contributed by atoms with Gasteiger partial charge in [0.15, 0.2) is 0 Å². The zero-order chi connectivity index (χ0) is 56.1. The molecule has 2 aliphatic heterocycles. The molecule has 0 amide bonds. The number of thioether (sulfide) groups is 4. The van der Waals surface area contributed by atoms with Gasteiger partial charge in [0.05, 0.1) is 23.6 Å². The van der Waals surface area contributed by atoms with Gasteiger partial charge in [-0.3, -0.25) is 0 Å². The van der Waals surface area contributed by atoms with E-state index < -0.39 is 0 Å². The molecule has 2 aliphatic rings. The van der Waals surface area contributed by atoms with E-state index in [0.29, 0.717) is 0 Å². The zero-order valence-corrected chi connectivity index (χ0v) is 61.8. The van der Waals surface area contributed by atoms with Crippen molar-refractivity contribution in [1.29, 1.82) is 0 Å². The van der Waals surface area contributed by atoms with Gasteiger partial charge in [0.1, 0.15) is 0 Å². The van der Waals surface area contributed by atoms with Crippen molar-refractivity contribution in [2.45, 2.75) is 227 Å². The van der Waals surface area contributed by atoms with E-state index in [1.54, 1.807) is 0 Å². The lowest BCUT2D eigenvalue weighted by Crippen LogP contribution is -1.84. The highest BCUT2D eigenvalue weighted by Crippen LogP contribution is 2.66. The Bertz CT molecular complexity index is 2640. The third-order valence-corrected chi connectivity index (χ3v) is 30.9. The van der Waals surface area contributed by atoms with Crippen molar-refractivity contribution in [1.82, 2.24) is 0 Å². The van der Waals surface area contributed by atoms with Crippen molar-refractivity contribution >= 4 is 227 Å². The van der Waals surface area contributed by atoms with Gasteiger partial charge in [-0.05, 0) is 210 Å². The molecule has 0 fully saturated rings. The first-order valence-corrected chi connectivity index (χ1v) is 41.1. The standard InChI is InChI=1S/C66H80Br4S10/c1-5-9-13-17-21-25-29-45-41-49(71-61(45)67)33-37-53-57-58(54(75-53)38-34-50-42-46(62(68)72-50)30-26-22-18-14-10-6-2)78-65(77-57)66-79-59-55(39-35-51-43-47(63(69)73-51)31-27-23-19-15-11-7-3)76-56(60(59)80-66)40-36-52-44-48(64(70)74-52)32-28-24-20-16-12-8-4/h33-44H,5-32H2,1-4H3/b37-33+,38-34+,39-35+,40-36+. The Balaban J connectivity index is 1.05. The zero-order valence-electron chi connectivity index (χ0n) is 47.3. The summed E-state index contributed by atoms with van der Waals surface area (Å²) < 4.78 is 7.99. The molecule has 0 spiro atoms. The number of halogens is 4. The molecular formula is C66H80Br4S10. The molecule has 80 heavy (non-hydrogen) atoms. The molecule has 6 aromatic rings. The second-order valence-electron chi connectivity index (χ2n) is 21.2. The predicted octanol–water partition coefficient (Wildman–Crippen LogP) is 29.6. The summed E-state index contributed by atoms with van der Waals surface area (Å²) in [6, 6.07) is 9.72. The Morgan fingerprint density at radius 3 is 0.713 bits per heavy atom. The minimum absolute atomic E-state index is 1.15. The van der Waals surface area contributed by atoms with Gasteiger partial charge in [-0.2, -0.15) is 0 Å². The fourth-order valence-electron chi connectivity index (χ4n) is 10.0. The van der Waals surface area contributed by atoms with Crippen molar-refractivity contribution in [3.05, 3.63) is 109 Å². The Morgan fingerprint density at radius 1 is 0.275 bits per heavy atom. The molecule has 432 valence electrons. The Kier molecular flexibility index (Phi) is 29.7. The van der Waals surface area contributed by atoms with Crippen LogP contribution in [0.15, 0.2) is 67.5 Å². The minimum atomic E-state index is 1.15. The lowest BCUT2D eigenvalue weighted by molar-refractivity contribution is 0.607. The largest absolute Gasteiger partial charge is 0.134 e. The molecule has 0 aliphatic carbocycles. The monoisotopic (exact) mass is 1510 g/mol. The van der Waals surface area contributed by atoms with Crippen molar-refractivity contribution in [3.8, 4) is 0 Å². The van der Waals surface area contributed by atoms with Crippen LogP contribution in [-0.4, -0.2) is 0 Å². The summed E-state index contributed by atoms with van der Waals surface area (Å²) in [7, 11) is 0. The van der Waals surface area contributed by atoms with E-state index in [-0.39, 0.29) is 0 Å². The molecule has 14 heteroatoms. The lowest BCUT2D eigenvalue weighted by Gasteiger charge is -2.03. The molecule has 0 saturated heterocycles. The number of hydrogen-bond donors (Lipinski definition) is 0. The number of thiophene rings is 6. The SMILES string of the molecule is CCCCCCCCc1cc(/C=C/c2sc(/C=C/c3cc(CCCCCCCC)c(Br)s3)c3c2SC(=C2Sc4c(/C=C/c5cc(CCCCCCCC)c(Br)s5)sc(/C=C/c5cc(CCCCCCCC)c(Br)s5)c4S2)S3)sc1Br. The van der Waals surface area contributed by atoms with Crippen molar-refractivity contribution in [3.63, 3.8) is 0 Å². The highest BCUT2D eigenvalue weighted by Gasteiger charge is 2.34. The van der Waals surface area contributed by atoms with Gasteiger partial charge < -0.3 is 0 Å². The predicted molar refractivity (Wildman–Crippen MR) is 391 cm³/mol. The lowest BCUT2D eigenvalue weighted by atomic mass is 10.1. The van der Waals surface area contributed by atoms with Gasteiger partial charge in [-0.25, -0.2) is 0 Å². The quantitative estimate of drug-likeness (QED) is 0.0359. The molecule has 8 rings (SSSR count). The van der Waals surface area contributed by atoms with Crippen LogP contribution in [0.1, 0.15) is 243 Å². The molecular weight excluding hydrogens is 1430 g/mol. The molecule has 0 atom stereocenters. The maximum atomic E-state index is 3.96. The molecule has 6 aromatic heterocycles. The van der Waals surface area contributed by atoms with Crippen LogP contribution in [0.2, 0.25) is 0 Å². The molecule has 0 saturated carbocycles. The number of hydrogen-bond acceptors (Lipinski definition) is 10. The van der Waals surface area contributed by atoms with Gasteiger partial charge in [-0.15, -0.1) is 68.0 Å². The first kappa shape index (κ1) is 66.2. The van der Waals surface area contributed by atoms with Crippen LogP contribution in [0, 0.1) is 0 Å². The van der Waals surface area contributed by atoms with Crippen LogP contribution in [0.3, 0.4) is 0 Å². The summed E-state index contributed by atoms with van der Waals surface area (Å²) >= 11 is 35.3. The maximum absolute atomic E-state index is 3.96. The first-order valence-electron chi connectivity index (χ1n) is 29.8. The van der Waals surface area contributed by atoms with Gasteiger partial charge >= 0.3 is 0 Å². The summed E-state index contributed by atoms with van der Waals surface area (Å²) in [5, 5.41) is 0. The van der Waals surface area contributed by atoms with Gasteiger partial charge in [0.2, 0.25) is 0 Å². The van der Waals surface area contributed by atoms with E-state index in [0.717, 1.165) is 25.7 Å². The van der Waals surface area contributed by atoms with Crippen molar-refractivity contribution < 1.29 is 0 Å². The number of unbranched alkanes of at least 4 members (excludes halogenated alkanes) is 20. The molecule has 0 radical (unpaired) electrons. The van der Waals surface area contributed by atoms with Crippen LogP contribution >= 0.6 is 179 Å². The van der Waals surface area contributed by atoms with Crippen LogP contribution in [-0.2, 0) is 25.7 Å². The van der Waals surface area contributed by atoms with Crippen LogP contribution < -0.4 is 0 Å². The molecule has 8 heterocycles. The molecule has 0 bridgehead atoms. The summed E-state index contributed by atoms with van der Waals surface area (Å²) in [4.78, 5) is 16.4. The summed E-state index contributed by atoms with van der Waals surface area (Å²) in [6.07, 6.45) is 55.6. The third kappa shape index (κ3) is 20.1. The molecule has 0 N–H and O–H groups in total. The topological polar surface area (TPSA) is 0 Å². The second kappa shape index (κ2) is 35.9.